The molecule has 2 heterocycles. The third kappa shape index (κ3) is 4.60. The van der Waals surface area contributed by atoms with Crippen molar-refractivity contribution in [3.8, 4) is 0 Å². The van der Waals surface area contributed by atoms with Crippen LogP contribution in [0, 0.1) is 0 Å². The van der Waals surface area contributed by atoms with Crippen LogP contribution in [0.2, 0.25) is 5.02 Å². The van der Waals surface area contributed by atoms with E-state index in [1.807, 2.05) is 19.1 Å². The molecule has 0 spiro atoms. The molecule has 4 rings (SSSR count). The summed E-state index contributed by atoms with van der Waals surface area (Å²) in [5, 5.41) is 3.51. The molecular formula is C22H24ClN3O5S. The molecule has 0 aliphatic carbocycles. The van der Waals surface area contributed by atoms with Crippen LogP contribution in [0.25, 0.3) is 11.1 Å². The van der Waals surface area contributed by atoms with Gasteiger partial charge >= 0.3 is 5.76 Å². The first-order valence-electron chi connectivity index (χ1n) is 10.4. The fraction of sp³-hybridized carbons (Fsp3) is 0.364. The highest BCUT2D eigenvalue weighted by molar-refractivity contribution is 7.89. The zero-order chi connectivity index (χ0) is 22.9. The Bertz CT molecular complexity index is 1290. The number of aromatic nitrogens is 1. The predicted molar refractivity (Wildman–Crippen MR) is 121 cm³/mol. The molecule has 3 aromatic rings. The minimum Gasteiger partial charge on any atom is -0.408 e. The van der Waals surface area contributed by atoms with Crippen LogP contribution in [0.3, 0.4) is 0 Å². The number of fused-ring (bicyclic) bond motifs is 1. The molecule has 32 heavy (non-hydrogen) atoms. The van der Waals surface area contributed by atoms with Crippen molar-refractivity contribution < 1.29 is 17.6 Å². The predicted octanol–water partition coefficient (Wildman–Crippen LogP) is 3.30. The van der Waals surface area contributed by atoms with Crippen LogP contribution in [-0.2, 0) is 21.4 Å². The quantitative estimate of drug-likeness (QED) is 0.562. The Morgan fingerprint density at radius 1 is 1.16 bits per heavy atom. The zero-order valence-electron chi connectivity index (χ0n) is 17.6. The van der Waals surface area contributed by atoms with Gasteiger partial charge in [0, 0.05) is 37.1 Å². The minimum absolute atomic E-state index is 0.0697. The number of carbonyl (C=O) groups excluding carboxylic acids is 1. The molecule has 10 heteroatoms. The van der Waals surface area contributed by atoms with Crippen LogP contribution in [0.5, 0.6) is 0 Å². The lowest BCUT2D eigenvalue weighted by Gasteiger charge is -2.15. The molecule has 1 fully saturated rings. The summed E-state index contributed by atoms with van der Waals surface area (Å²) in [6.07, 6.45) is 1.75. The number of nitrogens with zero attached hydrogens (tertiary/aromatic N) is 2. The Kier molecular flexibility index (Phi) is 6.41. The van der Waals surface area contributed by atoms with Crippen LogP contribution in [-0.4, -0.2) is 36.3 Å². The average Bonchev–Trinajstić information content (AvgIpc) is 3.40. The molecule has 0 bridgehead atoms. The molecule has 0 unspecified atom stereocenters. The van der Waals surface area contributed by atoms with E-state index in [-0.39, 0.29) is 35.4 Å². The van der Waals surface area contributed by atoms with E-state index in [9.17, 15) is 18.0 Å². The lowest BCUT2D eigenvalue weighted by Crippen LogP contribution is -2.28. The Hall–Kier alpha value is -2.62. The minimum atomic E-state index is -3.61. The van der Waals surface area contributed by atoms with Gasteiger partial charge in [-0.25, -0.2) is 13.2 Å². The molecule has 1 atom stereocenters. The van der Waals surface area contributed by atoms with E-state index in [1.165, 1.54) is 21.0 Å². The van der Waals surface area contributed by atoms with Crippen LogP contribution in [0.4, 0.5) is 0 Å². The molecule has 170 valence electrons. The van der Waals surface area contributed by atoms with Crippen molar-refractivity contribution in [1.29, 1.82) is 0 Å². The maximum Gasteiger partial charge on any atom is 0.419 e. The molecule has 1 amide bonds. The number of sulfonamides is 1. The van der Waals surface area contributed by atoms with Gasteiger partial charge in [-0.1, -0.05) is 23.7 Å². The highest BCUT2D eigenvalue weighted by atomic mass is 35.5. The van der Waals surface area contributed by atoms with E-state index in [0.717, 1.165) is 18.4 Å². The van der Waals surface area contributed by atoms with E-state index in [2.05, 4.69) is 5.32 Å². The Labute approximate surface area is 190 Å². The third-order valence-corrected chi connectivity index (χ3v) is 7.80. The zero-order valence-corrected chi connectivity index (χ0v) is 19.2. The van der Waals surface area contributed by atoms with E-state index >= 15 is 0 Å². The highest BCUT2D eigenvalue weighted by Crippen LogP contribution is 2.24. The largest absolute Gasteiger partial charge is 0.419 e. The number of amides is 1. The van der Waals surface area contributed by atoms with Crippen molar-refractivity contribution >= 4 is 38.6 Å². The number of oxazole rings is 1. The second kappa shape index (κ2) is 9.09. The van der Waals surface area contributed by atoms with Crippen molar-refractivity contribution in [3.05, 3.63) is 63.6 Å². The summed E-state index contributed by atoms with van der Waals surface area (Å²) in [4.78, 5) is 24.8. The van der Waals surface area contributed by atoms with Gasteiger partial charge in [-0.15, -0.1) is 0 Å². The van der Waals surface area contributed by atoms with E-state index < -0.39 is 15.8 Å². The summed E-state index contributed by atoms with van der Waals surface area (Å²) < 4.78 is 33.6. The monoisotopic (exact) mass is 477 g/mol. The maximum atomic E-state index is 12.8. The van der Waals surface area contributed by atoms with Gasteiger partial charge in [-0.2, -0.15) is 4.31 Å². The molecule has 1 aliphatic heterocycles. The first-order valence-corrected chi connectivity index (χ1v) is 12.3. The number of hydrogen-bond acceptors (Lipinski definition) is 5. The van der Waals surface area contributed by atoms with Crippen molar-refractivity contribution in [1.82, 2.24) is 14.2 Å². The van der Waals surface area contributed by atoms with Gasteiger partial charge in [-0.3, -0.25) is 9.36 Å². The molecule has 8 nitrogen and oxygen atoms in total. The van der Waals surface area contributed by atoms with Gasteiger partial charge in [0.2, 0.25) is 15.9 Å². The van der Waals surface area contributed by atoms with Crippen molar-refractivity contribution in [2.24, 2.45) is 0 Å². The van der Waals surface area contributed by atoms with Crippen molar-refractivity contribution in [3.63, 3.8) is 0 Å². The summed E-state index contributed by atoms with van der Waals surface area (Å²) >= 11 is 5.89. The van der Waals surface area contributed by atoms with Crippen molar-refractivity contribution in [2.75, 3.05) is 13.1 Å². The highest BCUT2D eigenvalue weighted by Gasteiger charge is 2.28. The van der Waals surface area contributed by atoms with Crippen LogP contribution in [0.1, 0.15) is 37.8 Å². The molecule has 1 aliphatic rings. The van der Waals surface area contributed by atoms with Gasteiger partial charge in [0.1, 0.15) is 0 Å². The number of carbonyl (C=O) groups is 1. The van der Waals surface area contributed by atoms with Crippen LogP contribution in [0.15, 0.2) is 56.6 Å². The Morgan fingerprint density at radius 3 is 2.53 bits per heavy atom. The normalized spacial score (nSPS) is 15.8. The van der Waals surface area contributed by atoms with Gasteiger partial charge in [-0.05, 0) is 49.6 Å². The molecule has 1 saturated heterocycles. The molecule has 1 N–H and O–H groups in total. The Balaban J connectivity index is 1.46. The molecule has 0 saturated carbocycles. The molecule has 2 aromatic carbocycles. The lowest BCUT2D eigenvalue weighted by molar-refractivity contribution is -0.121. The fourth-order valence-corrected chi connectivity index (χ4v) is 5.52. The Morgan fingerprint density at radius 2 is 1.84 bits per heavy atom. The third-order valence-electron chi connectivity index (χ3n) is 5.65. The van der Waals surface area contributed by atoms with Crippen LogP contribution >= 0.6 is 11.6 Å². The topological polar surface area (TPSA) is 102 Å². The fourth-order valence-electron chi connectivity index (χ4n) is 3.86. The van der Waals surface area contributed by atoms with Crippen molar-refractivity contribution in [2.45, 2.75) is 43.7 Å². The van der Waals surface area contributed by atoms with Gasteiger partial charge in [0.05, 0.1) is 16.5 Å². The van der Waals surface area contributed by atoms with Gasteiger partial charge < -0.3 is 9.73 Å². The number of aryl methyl sites for hydroxylation is 1. The number of nitrogens with one attached hydrogen (secondary N) is 1. The molecule has 1 aromatic heterocycles. The van der Waals surface area contributed by atoms with Gasteiger partial charge in [0.15, 0.2) is 5.58 Å². The van der Waals surface area contributed by atoms with Crippen LogP contribution < -0.4 is 11.1 Å². The number of hydrogen-bond donors (Lipinski definition) is 1. The first-order chi connectivity index (χ1) is 15.3. The maximum absolute atomic E-state index is 12.8. The summed E-state index contributed by atoms with van der Waals surface area (Å²) in [5.41, 5.74) is 1.56. The summed E-state index contributed by atoms with van der Waals surface area (Å²) in [6, 6.07) is 11.4. The second-order valence-electron chi connectivity index (χ2n) is 7.85. The standard InChI is InChI=1S/C22H24ClN3O5S/c1-15(16-4-6-17(23)7-5-16)24-21(27)10-13-26-19-9-8-18(14-20(19)31-22(26)28)32(29,30)25-11-2-3-12-25/h4-9,14-15H,2-3,10-13H2,1H3,(H,24,27)/t15-/m0/s1. The molecule has 0 radical (unpaired) electrons. The lowest BCUT2D eigenvalue weighted by atomic mass is 10.1. The summed E-state index contributed by atoms with van der Waals surface area (Å²) in [5.74, 6) is -0.851. The summed E-state index contributed by atoms with van der Waals surface area (Å²) in [6.45, 7) is 2.97. The SMILES string of the molecule is C[C@H](NC(=O)CCn1c(=O)oc2cc(S(=O)(=O)N3CCCC3)ccc21)c1ccc(Cl)cc1. The van der Waals surface area contributed by atoms with Gasteiger partial charge in [0.25, 0.3) is 0 Å². The van der Waals surface area contributed by atoms with E-state index in [1.54, 1.807) is 18.2 Å². The second-order valence-corrected chi connectivity index (χ2v) is 10.2. The summed E-state index contributed by atoms with van der Waals surface area (Å²) in [7, 11) is -3.61. The molecular weight excluding hydrogens is 454 g/mol. The first kappa shape index (κ1) is 22.6. The smallest absolute Gasteiger partial charge is 0.408 e. The van der Waals surface area contributed by atoms with E-state index in [4.69, 9.17) is 16.0 Å². The van der Waals surface area contributed by atoms with E-state index in [0.29, 0.717) is 23.6 Å². The number of rotatable bonds is 7. The average molecular weight is 478 g/mol. The number of benzene rings is 2. The number of halogens is 1.